The minimum Gasteiger partial charge on any atom is -0.453 e. The highest BCUT2D eigenvalue weighted by Crippen LogP contribution is 2.35. The molecule has 2 aliphatic heterocycles. The lowest BCUT2D eigenvalue weighted by molar-refractivity contribution is -0.136. The molecule has 2 fully saturated rings. The van der Waals surface area contributed by atoms with Crippen molar-refractivity contribution in [3.63, 3.8) is 0 Å². The van der Waals surface area contributed by atoms with Gasteiger partial charge in [0.1, 0.15) is 23.7 Å². The number of amides is 4. The molecule has 0 spiro atoms. The number of hydrogen-bond acceptors (Lipinski definition) is 9. The molecule has 5 heterocycles. The average Bonchev–Trinajstić information content (AvgIpc) is 4.03. The number of ether oxygens (including phenoxy) is 2. The molecule has 7 rings (SSSR count). The summed E-state index contributed by atoms with van der Waals surface area (Å²) in [5.41, 5.74) is 6.93. The van der Waals surface area contributed by atoms with Crippen LogP contribution in [0.15, 0.2) is 54.7 Å². The van der Waals surface area contributed by atoms with E-state index in [9.17, 15) is 19.2 Å². The van der Waals surface area contributed by atoms with Crippen LogP contribution in [-0.2, 0) is 19.1 Å². The van der Waals surface area contributed by atoms with Gasteiger partial charge in [-0.25, -0.2) is 19.6 Å². The van der Waals surface area contributed by atoms with Crippen LogP contribution in [0.3, 0.4) is 0 Å². The number of fused-ring (bicyclic) bond motifs is 2. The zero-order valence-corrected chi connectivity index (χ0v) is 32.6. The normalized spacial score (nSPS) is 18.1. The van der Waals surface area contributed by atoms with E-state index in [1.54, 1.807) is 4.90 Å². The van der Waals surface area contributed by atoms with E-state index >= 15 is 0 Å². The number of alkyl carbamates (subject to hydrolysis) is 2. The summed E-state index contributed by atoms with van der Waals surface area (Å²) in [6, 6.07) is 14.2. The third kappa shape index (κ3) is 7.62. The number of pyridine rings is 1. The fraction of sp³-hybridized carbons (Fsp3) is 0.439. The maximum absolute atomic E-state index is 13.6. The monoisotopic (exact) mass is 763 g/mol. The molecule has 2 saturated heterocycles. The smallest absolute Gasteiger partial charge is 0.407 e. The molecule has 5 aromatic rings. The van der Waals surface area contributed by atoms with Crippen LogP contribution in [0.25, 0.3) is 44.5 Å². The molecule has 294 valence electrons. The zero-order valence-electron chi connectivity index (χ0n) is 32.6. The fourth-order valence-electron chi connectivity index (χ4n) is 7.83. The molecule has 4 atom stereocenters. The van der Waals surface area contributed by atoms with Crippen molar-refractivity contribution >= 4 is 46.1 Å². The number of methoxy groups -OCH3 is 2. The molecule has 0 radical (unpaired) electrons. The second-order valence-corrected chi connectivity index (χ2v) is 15.2. The van der Waals surface area contributed by atoms with E-state index in [0.717, 1.165) is 76.0 Å². The standard InChI is InChI=1S/C41H49N9O6/c1-22(2)34(47-40(53)55-5)38(51)49-17-7-9-32(49)36-43-28-15-11-24(19-30(28)45-36)26-13-14-27(42-21-26)25-12-16-29-31(20-25)46-37(44-29)33-10-8-18-50(33)39(52)35(23(3)4)48-41(54)56-6/h11-16,19-23,32-35H,7-10,17-18H2,1-6H3,(H,43,45)(H,44,46)(H,47,53)(H,48,54). The quantitative estimate of drug-likeness (QED) is 0.127. The summed E-state index contributed by atoms with van der Waals surface area (Å²) < 4.78 is 9.53. The van der Waals surface area contributed by atoms with Crippen LogP contribution in [0.4, 0.5) is 9.59 Å². The van der Waals surface area contributed by atoms with E-state index in [-0.39, 0.29) is 35.7 Å². The lowest BCUT2D eigenvalue weighted by atomic mass is 10.0. The van der Waals surface area contributed by atoms with E-state index in [1.165, 1.54) is 14.2 Å². The molecule has 0 aliphatic carbocycles. The molecule has 2 aromatic carbocycles. The number of carbonyl (C=O) groups is 4. The molecular weight excluding hydrogens is 715 g/mol. The van der Waals surface area contributed by atoms with E-state index in [0.29, 0.717) is 18.9 Å². The molecule has 15 heteroatoms. The minimum atomic E-state index is -0.700. The third-order valence-electron chi connectivity index (χ3n) is 10.9. The van der Waals surface area contributed by atoms with Crippen LogP contribution < -0.4 is 10.6 Å². The number of H-pyrrole nitrogens is 2. The Balaban J connectivity index is 1.06. The first kappa shape index (κ1) is 38.3. The van der Waals surface area contributed by atoms with Gasteiger partial charge in [0.05, 0.1) is 54.1 Å². The van der Waals surface area contributed by atoms with Crippen molar-refractivity contribution in [1.82, 2.24) is 45.4 Å². The summed E-state index contributed by atoms with van der Waals surface area (Å²) in [7, 11) is 2.57. The van der Waals surface area contributed by atoms with Crippen molar-refractivity contribution in [3.05, 3.63) is 66.4 Å². The largest absolute Gasteiger partial charge is 0.453 e. The predicted molar refractivity (Wildman–Crippen MR) is 210 cm³/mol. The maximum atomic E-state index is 13.6. The molecule has 0 saturated carbocycles. The Morgan fingerprint density at radius 3 is 1.59 bits per heavy atom. The molecule has 4 unspecified atom stereocenters. The number of aromatic nitrogens is 5. The van der Waals surface area contributed by atoms with Gasteiger partial charge in [0.2, 0.25) is 11.8 Å². The van der Waals surface area contributed by atoms with Gasteiger partial charge in [0.15, 0.2) is 0 Å². The van der Waals surface area contributed by atoms with Gasteiger partial charge in [-0.05, 0) is 73.4 Å². The Bertz CT molecular complexity index is 2090. The highest BCUT2D eigenvalue weighted by molar-refractivity contribution is 5.88. The van der Waals surface area contributed by atoms with Crippen LogP contribution in [0.2, 0.25) is 0 Å². The molecule has 2 aliphatic rings. The average molecular weight is 764 g/mol. The van der Waals surface area contributed by atoms with Crippen molar-refractivity contribution in [2.45, 2.75) is 77.5 Å². The van der Waals surface area contributed by atoms with Crippen molar-refractivity contribution in [1.29, 1.82) is 0 Å². The molecule has 4 amide bonds. The van der Waals surface area contributed by atoms with Gasteiger partial charge in [-0.15, -0.1) is 0 Å². The molecule has 56 heavy (non-hydrogen) atoms. The van der Waals surface area contributed by atoms with E-state index < -0.39 is 24.3 Å². The van der Waals surface area contributed by atoms with Crippen LogP contribution >= 0.6 is 0 Å². The van der Waals surface area contributed by atoms with Gasteiger partial charge in [0.25, 0.3) is 0 Å². The number of hydrogen-bond donors (Lipinski definition) is 4. The summed E-state index contributed by atoms with van der Waals surface area (Å²) in [6.07, 6.45) is 3.80. The van der Waals surface area contributed by atoms with Crippen molar-refractivity contribution < 1.29 is 28.7 Å². The lowest BCUT2D eigenvalue weighted by Gasteiger charge is -2.29. The van der Waals surface area contributed by atoms with Gasteiger partial charge in [-0.3, -0.25) is 14.6 Å². The van der Waals surface area contributed by atoms with Gasteiger partial charge in [0, 0.05) is 30.4 Å². The SMILES string of the molecule is COC(=O)NC(C(=O)N1CCCC1c1nc2ccc(-c3ccc(-c4ccc5nc(C6CCCN6C(=O)C(NC(=O)OC)C(C)C)[nH]c5c4)nc3)cc2[nH]1)C(C)C. The molecular formula is C41H49N9O6. The van der Waals surface area contributed by atoms with Gasteiger partial charge in [-0.2, -0.15) is 0 Å². The van der Waals surface area contributed by atoms with Crippen molar-refractivity contribution in [2.24, 2.45) is 11.8 Å². The summed E-state index contributed by atoms with van der Waals surface area (Å²) in [4.78, 5) is 76.3. The molecule has 3 aromatic heterocycles. The summed E-state index contributed by atoms with van der Waals surface area (Å²) >= 11 is 0. The third-order valence-corrected chi connectivity index (χ3v) is 10.9. The first-order valence-corrected chi connectivity index (χ1v) is 19.2. The van der Waals surface area contributed by atoms with Gasteiger partial charge < -0.3 is 39.9 Å². The fourth-order valence-corrected chi connectivity index (χ4v) is 7.83. The molecule has 4 N–H and O–H groups in total. The number of imidazole rings is 2. The van der Waals surface area contributed by atoms with Crippen LogP contribution in [-0.4, -0.2) is 98.1 Å². The highest BCUT2D eigenvalue weighted by atomic mass is 16.5. The lowest BCUT2D eigenvalue weighted by Crippen LogP contribution is -2.51. The molecule has 0 bridgehead atoms. The second-order valence-electron chi connectivity index (χ2n) is 15.2. The van der Waals surface area contributed by atoms with E-state index in [1.807, 2.05) is 87.3 Å². The van der Waals surface area contributed by atoms with E-state index in [2.05, 4.69) is 20.6 Å². The first-order valence-electron chi connectivity index (χ1n) is 19.2. The highest BCUT2D eigenvalue weighted by Gasteiger charge is 2.39. The predicted octanol–water partition coefficient (Wildman–Crippen LogP) is 6.26. The van der Waals surface area contributed by atoms with E-state index in [4.69, 9.17) is 24.4 Å². The Morgan fingerprint density at radius 1 is 0.679 bits per heavy atom. The topological polar surface area (TPSA) is 188 Å². The van der Waals surface area contributed by atoms with Crippen molar-refractivity contribution in [3.8, 4) is 22.4 Å². The summed E-state index contributed by atoms with van der Waals surface area (Å²) in [6.45, 7) is 8.76. The number of rotatable bonds is 10. The number of carbonyl (C=O) groups excluding carboxylic acids is 4. The number of aromatic amines is 2. The molecule has 15 nitrogen and oxygen atoms in total. The Hall–Kier alpha value is -5.99. The first-order chi connectivity index (χ1) is 26.9. The zero-order chi connectivity index (χ0) is 39.7. The Kier molecular flexibility index (Phi) is 10.9. The van der Waals surface area contributed by atoms with Crippen LogP contribution in [0.1, 0.15) is 77.1 Å². The maximum Gasteiger partial charge on any atom is 0.407 e. The summed E-state index contributed by atoms with van der Waals surface area (Å²) in [5, 5.41) is 5.40. The summed E-state index contributed by atoms with van der Waals surface area (Å²) in [5.74, 6) is 0.909. The second kappa shape index (κ2) is 16.0. The Labute approximate surface area is 324 Å². The van der Waals surface area contributed by atoms with Crippen molar-refractivity contribution in [2.75, 3.05) is 27.3 Å². The minimum absolute atomic E-state index is 0.114. The number of nitrogens with zero attached hydrogens (tertiary/aromatic N) is 5. The Morgan fingerprint density at radius 2 is 1.14 bits per heavy atom. The van der Waals surface area contributed by atoms with Crippen LogP contribution in [0, 0.1) is 11.8 Å². The number of benzene rings is 2. The van der Waals surface area contributed by atoms with Gasteiger partial charge in [-0.1, -0.05) is 45.9 Å². The number of likely N-dealkylation sites (tertiary alicyclic amines) is 2. The van der Waals surface area contributed by atoms with Crippen LogP contribution in [0.5, 0.6) is 0 Å². The van der Waals surface area contributed by atoms with Gasteiger partial charge >= 0.3 is 12.2 Å². The number of nitrogens with one attached hydrogen (secondary N) is 4.